The quantitative estimate of drug-likeness (QED) is 0.644. The van der Waals surface area contributed by atoms with Crippen molar-refractivity contribution in [3.05, 3.63) is 17.5 Å². The highest BCUT2D eigenvalue weighted by Crippen LogP contribution is 2.20. The minimum Gasteiger partial charge on any atom is -0.480 e. The summed E-state index contributed by atoms with van der Waals surface area (Å²) in [4.78, 5) is 10.5. The highest BCUT2D eigenvalue weighted by atomic mass is 32.2. The van der Waals surface area contributed by atoms with Gasteiger partial charge in [0.25, 0.3) is 0 Å². The summed E-state index contributed by atoms with van der Waals surface area (Å²) in [5, 5.41) is 8.48. The van der Waals surface area contributed by atoms with Gasteiger partial charge in [0.2, 0.25) is 9.84 Å². The lowest BCUT2D eigenvalue weighted by Crippen LogP contribution is -2.51. The van der Waals surface area contributed by atoms with Crippen molar-refractivity contribution in [1.82, 2.24) is 0 Å². The van der Waals surface area contributed by atoms with Gasteiger partial charge in [-0.1, -0.05) is 6.07 Å². The highest BCUT2D eigenvalue weighted by Gasteiger charge is 2.34. The molecule has 0 fully saturated rings. The number of nitrogens with two attached hydrogens (primary N) is 2. The van der Waals surface area contributed by atoms with Crippen LogP contribution >= 0.6 is 11.3 Å². The van der Waals surface area contributed by atoms with Crippen LogP contribution in [0.25, 0.3) is 0 Å². The Balaban J connectivity index is 3.03. The molecule has 0 saturated heterocycles. The molecule has 2 atom stereocenters. The SMILES string of the molecule is NC(C(=O)O)C(N)S(=O)(=O)c1cccs1. The van der Waals surface area contributed by atoms with E-state index in [0.717, 1.165) is 11.3 Å². The Hall–Kier alpha value is -0.960. The minimum atomic E-state index is -3.85. The Bertz CT molecular complexity index is 440. The maximum atomic E-state index is 11.7. The second-order valence-corrected chi connectivity index (χ2v) is 6.09. The van der Waals surface area contributed by atoms with Crippen LogP contribution in [0.15, 0.2) is 21.7 Å². The van der Waals surface area contributed by atoms with Gasteiger partial charge in [0.05, 0.1) is 0 Å². The first-order valence-electron chi connectivity index (χ1n) is 3.88. The van der Waals surface area contributed by atoms with Crippen LogP contribution in [-0.4, -0.2) is 30.9 Å². The molecule has 0 radical (unpaired) electrons. The van der Waals surface area contributed by atoms with Crippen molar-refractivity contribution in [2.75, 3.05) is 0 Å². The maximum absolute atomic E-state index is 11.7. The largest absolute Gasteiger partial charge is 0.480 e. The number of hydrogen-bond acceptors (Lipinski definition) is 6. The lowest BCUT2D eigenvalue weighted by atomic mass is 10.3. The van der Waals surface area contributed by atoms with Gasteiger partial charge in [-0.25, -0.2) is 8.42 Å². The van der Waals surface area contributed by atoms with Crippen LogP contribution < -0.4 is 11.5 Å². The predicted octanol–water partition coefficient (Wildman–Crippen LogP) is -0.782. The van der Waals surface area contributed by atoms with E-state index in [1.54, 1.807) is 5.38 Å². The predicted molar refractivity (Wildman–Crippen MR) is 55.1 cm³/mol. The summed E-state index contributed by atoms with van der Waals surface area (Å²) in [6.45, 7) is 0. The third kappa shape index (κ3) is 2.34. The average Bonchev–Trinajstić information content (AvgIpc) is 2.68. The Morgan fingerprint density at radius 2 is 2.07 bits per heavy atom. The van der Waals surface area contributed by atoms with Gasteiger partial charge in [-0.2, -0.15) is 0 Å². The molecule has 0 saturated carbocycles. The summed E-state index contributed by atoms with van der Waals surface area (Å²) in [6.07, 6.45) is 0. The molecular formula is C7H10N2O4S2. The van der Waals surface area contributed by atoms with E-state index < -0.39 is 27.2 Å². The second kappa shape index (κ2) is 4.27. The molecule has 0 aliphatic carbocycles. The lowest BCUT2D eigenvalue weighted by molar-refractivity contribution is -0.138. The molecule has 0 spiro atoms. The zero-order valence-electron chi connectivity index (χ0n) is 7.53. The van der Waals surface area contributed by atoms with Gasteiger partial charge in [0.15, 0.2) is 0 Å². The van der Waals surface area contributed by atoms with Crippen molar-refractivity contribution in [1.29, 1.82) is 0 Å². The zero-order chi connectivity index (χ0) is 11.6. The van der Waals surface area contributed by atoms with Crippen molar-refractivity contribution in [3.63, 3.8) is 0 Å². The van der Waals surface area contributed by atoms with E-state index in [4.69, 9.17) is 16.6 Å². The van der Waals surface area contributed by atoms with Gasteiger partial charge in [-0.3, -0.25) is 4.79 Å². The van der Waals surface area contributed by atoms with Crippen molar-refractivity contribution < 1.29 is 18.3 Å². The van der Waals surface area contributed by atoms with E-state index in [-0.39, 0.29) is 4.21 Å². The Kier molecular flexibility index (Phi) is 3.45. The van der Waals surface area contributed by atoms with Gasteiger partial charge in [-0.15, -0.1) is 11.3 Å². The van der Waals surface area contributed by atoms with Gasteiger partial charge in [-0.05, 0) is 11.4 Å². The molecule has 1 aromatic rings. The molecule has 8 heteroatoms. The van der Waals surface area contributed by atoms with Crippen molar-refractivity contribution in [2.45, 2.75) is 15.6 Å². The number of thiophene rings is 1. The fourth-order valence-corrected chi connectivity index (χ4v) is 3.42. The average molecular weight is 250 g/mol. The molecule has 1 aromatic heterocycles. The molecule has 0 bridgehead atoms. The van der Waals surface area contributed by atoms with Crippen molar-refractivity contribution in [3.8, 4) is 0 Å². The Morgan fingerprint density at radius 1 is 1.47 bits per heavy atom. The summed E-state index contributed by atoms with van der Waals surface area (Å²) in [5.74, 6) is -1.44. The highest BCUT2D eigenvalue weighted by molar-refractivity contribution is 7.94. The molecular weight excluding hydrogens is 240 g/mol. The van der Waals surface area contributed by atoms with Gasteiger partial charge >= 0.3 is 5.97 Å². The van der Waals surface area contributed by atoms with Gasteiger partial charge < -0.3 is 16.6 Å². The maximum Gasteiger partial charge on any atom is 0.323 e. The molecule has 0 amide bonds. The van der Waals surface area contributed by atoms with Crippen LogP contribution in [-0.2, 0) is 14.6 Å². The normalized spacial score (nSPS) is 15.9. The van der Waals surface area contributed by atoms with Crippen LogP contribution in [0.3, 0.4) is 0 Å². The third-order valence-electron chi connectivity index (χ3n) is 1.77. The molecule has 2 unspecified atom stereocenters. The van der Waals surface area contributed by atoms with Crippen molar-refractivity contribution in [2.24, 2.45) is 11.5 Å². The summed E-state index contributed by atoms with van der Waals surface area (Å²) < 4.78 is 23.4. The fourth-order valence-electron chi connectivity index (χ4n) is 0.893. The van der Waals surface area contributed by atoms with Crippen LogP contribution in [0, 0.1) is 0 Å². The zero-order valence-corrected chi connectivity index (χ0v) is 9.16. The van der Waals surface area contributed by atoms with Crippen LogP contribution in [0.4, 0.5) is 0 Å². The minimum absolute atomic E-state index is 0.0201. The standard InChI is InChI=1S/C7H10N2O4S2/c8-5(7(10)11)6(9)15(12,13)4-2-1-3-14-4/h1-3,5-6H,8-9H2,(H,10,11). The topological polar surface area (TPSA) is 123 Å². The first kappa shape index (κ1) is 12.1. The second-order valence-electron chi connectivity index (χ2n) is 2.81. The monoisotopic (exact) mass is 250 g/mol. The molecule has 0 aliphatic rings. The lowest BCUT2D eigenvalue weighted by Gasteiger charge is -2.15. The van der Waals surface area contributed by atoms with E-state index in [9.17, 15) is 13.2 Å². The summed E-state index contributed by atoms with van der Waals surface area (Å²) >= 11 is 0.971. The fraction of sp³-hybridized carbons (Fsp3) is 0.286. The summed E-state index contributed by atoms with van der Waals surface area (Å²) in [6, 6.07) is 1.27. The van der Waals surface area contributed by atoms with Crippen LogP contribution in [0.1, 0.15) is 0 Å². The Labute approximate surface area is 90.4 Å². The van der Waals surface area contributed by atoms with E-state index in [0.29, 0.717) is 0 Å². The number of carboxylic acid groups (broad SMARTS) is 1. The van der Waals surface area contributed by atoms with E-state index in [1.165, 1.54) is 12.1 Å². The molecule has 5 N–H and O–H groups in total. The first-order chi connectivity index (χ1) is 6.87. The number of aliphatic carboxylic acids is 1. The number of carbonyl (C=O) groups is 1. The van der Waals surface area contributed by atoms with E-state index in [2.05, 4.69) is 0 Å². The van der Waals surface area contributed by atoms with Crippen LogP contribution in [0.5, 0.6) is 0 Å². The van der Waals surface area contributed by atoms with Gasteiger partial charge in [0, 0.05) is 0 Å². The molecule has 6 nitrogen and oxygen atoms in total. The molecule has 15 heavy (non-hydrogen) atoms. The molecule has 1 rings (SSSR count). The third-order valence-corrected chi connectivity index (χ3v) is 5.13. The summed E-state index contributed by atoms with van der Waals surface area (Å²) in [5.41, 5.74) is 10.5. The smallest absolute Gasteiger partial charge is 0.323 e. The number of rotatable bonds is 4. The number of carboxylic acids is 1. The first-order valence-corrected chi connectivity index (χ1v) is 6.31. The van der Waals surface area contributed by atoms with E-state index >= 15 is 0 Å². The van der Waals surface area contributed by atoms with Crippen LogP contribution in [0.2, 0.25) is 0 Å². The molecule has 84 valence electrons. The molecule has 0 aromatic carbocycles. The van der Waals surface area contributed by atoms with E-state index in [1.807, 2.05) is 0 Å². The molecule has 0 aliphatic heterocycles. The number of hydrogen-bond donors (Lipinski definition) is 3. The van der Waals surface area contributed by atoms with Gasteiger partial charge in [0.1, 0.15) is 15.6 Å². The van der Waals surface area contributed by atoms with Crippen molar-refractivity contribution >= 4 is 27.1 Å². The number of sulfone groups is 1. The summed E-state index contributed by atoms with van der Waals surface area (Å²) in [7, 11) is -3.85. The Morgan fingerprint density at radius 3 is 2.47 bits per heavy atom. The molecule has 1 heterocycles.